The first-order valence-electron chi connectivity index (χ1n) is 28.0. The van der Waals surface area contributed by atoms with Gasteiger partial charge in [-0.3, -0.25) is 53.4 Å². The Bertz CT molecular complexity index is 4980. The zero-order valence-corrected chi connectivity index (χ0v) is 54.5. The third-order valence-corrected chi connectivity index (χ3v) is 21.5. The monoisotopic (exact) mass is 1490 g/mol. The van der Waals surface area contributed by atoms with Crippen molar-refractivity contribution in [3.63, 3.8) is 0 Å². The first-order valence-corrected chi connectivity index (χ1v) is 32.8. The van der Waals surface area contributed by atoms with Gasteiger partial charge in [-0.05, 0) is 224 Å². The van der Waals surface area contributed by atoms with E-state index in [2.05, 4.69) is 102 Å². The molecule has 5 amide bonds. The first kappa shape index (κ1) is 54.3. The molecule has 0 aromatic heterocycles. The summed E-state index contributed by atoms with van der Waals surface area (Å²) in [6.45, 7) is 0. The number of amides is 5. The SMILES string of the molecule is O=C(c1ccccc1Br)N1c2cccc3c2N2c4c(cccc4N(C(=O)c4cc(-c5ccc(C(=O)N6c7cccc8c7N7c9c(cccc9N(C(=O)c9ccccc9Br)c9cccc6c97)N8C(=O)c6ccccc6Br)c(Br)c5)ccc4Br)c4cccc1c42)S3. The molecule has 89 heavy (non-hydrogen) atoms. The van der Waals surface area contributed by atoms with Crippen molar-refractivity contribution >= 4 is 212 Å². The molecule has 0 atom stereocenters. The van der Waals surface area contributed by atoms with E-state index in [0.717, 1.165) is 32.4 Å². The average Bonchev–Trinajstić information content (AvgIpc) is 0.720. The molecule has 0 bridgehead atoms. The summed E-state index contributed by atoms with van der Waals surface area (Å²) in [5.74, 6) is -1.52. The minimum atomic E-state index is -0.380. The Morgan fingerprint density at radius 2 is 0.517 bits per heavy atom. The third kappa shape index (κ3) is 7.77. The largest absolute Gasteiger partial charge is 0.300 e. The highest BCUT2D eigenvalue weighted by Crippen LogP contribution is 2.70. The van der Waals surface area contributed by atoms with Crippen LogP contribution in [-0.2, 0) is 0 Å². The van der Waals surface area contributed by atoms with Gasteiger partial charge < -0.3 is 4.90 Å². The van der Waals surface area contributed by atoms with Crippen molar-refractivity contribution in [3.05, 3.63) is 269 Å². The Morgan fingerprint density at radius 3 is 0.865 bits per heavy atom. The fourth-order valence-electron chi connectivity index (χ4n) is 13.2. The Balaban J connectivity index is 0.770. The third-order valence-electron chi connectivity index (χ3n) is 17.0. The molecule has 0 N–H and O–H groups in total. The molecule has 0 aliphatic carbocycles. The zero-order chi connectivity index (χ0) is 60.4. The van der Waals surface area contributed by atoms with E-state index in [-0.39, 0.29) is 29.5 Å². The van der Waals surface area contributed by atoms with E-state index in [1.807, 2.05) is 188 Å². The summed E-state index contributed by atoms with van der Waals surface area (Å²) in [6.07, 6.45) is 0. The Morgan fingerprint density at radius 1 is 0.247 bits per heavy atom. The summed E-state index contributed by atoms with van der Waals surface area (Å²) in [6, 6.07) is 67.7. The van der Waals surface area contributed by atoms with Gasteiger partial charge in [0.2, 0.25) is 0 Å². The number of benzene rings is 11. The topological polar surface area (TPSA) is 108 Å². The van der Waals surface area contributed by atoms with Crippen LogP contribution < -0.4 is 34.3 Å². The molecule has 11 aromatic rings. The van der Waals surface area contributed by atoms with Gasteiger partial charge in [0.15, 0.2) is 0 Å². The van der Waals surface area contributed by atoms with Crippen LogP contribution in [-0.4, -0.2) is 29.5 Å². The number of hydrogen-bond donors (Lipinski definition) is 0. The van der Waals surface area contributed by atoms with Gasteiger partial charge in [0.1, 0.15) is 0 Å². The predicted molar refractivity (Wildman–Crippen MR) is 368 cm³/mol. The summed E-state index contributed by atoms with van der Waals surface area (Å²) >= 11 is 20.2. The fourth-order valence-corrected chi connectivity index (χ4v) is 16.7. The van der Waals surface area contributed by atoms with Gasteiger partial charge in [-0.15, -0.1) is 0 Å². The molecule has 426 valence electrons. The van der Waals surface area contributed by atoms with Crippen LogP contribution in [0, 0.1) is 0 Å². The van der Waals surface area contributed by atoms with E-state index in [1.165, 1.54) is 0 Å². The van der Waals surface area contributed by atoms with E-state index < -0.39 is 0 Å². The molecule has 0 saturated heterocycles. The van der Waals surface area contributed by atoms with E-state index in [4.69, 9.17) is 0 Å². The van der Waals surface area contributed by atoms with Crippen LogP contribution in [0.3, 0.4) is 0 Å². The quantitative estimate of drug-likeness (QED) is 0.162. The smallest absolute Gasteiger partial charge is 0.264 e. The van der Waals surface area contributed by atoms with Crippen molar-refractivity contribution in [3.8, 4) is 11.1 Å². The molecule has 0 fully saturated rings. The summed E-state index contributed by atoms with van der Waals surface area (Å²) in [7, 11) is 0. The van der Waals surface area contributed by atoms with Crippen LogP contribution in [0.5, 0.6) is 0 Å². The Hall–Kier alpha value is -8.88. The molecule has 6 aliphatic heterocycles. The highest BCUT2D eigenvalue weighted by Gasteiger charge is 2.50. The molecular formula is C71H36Br5N7O5S. The summed E-state index contributed by atoms with van der Waals surface area (Å²) in [5, 5.41) is 0. The summed E-state index contributed by atoms with van der Waals surface area (Å²) in [5.41, 5.74) is 13.6. The second-order valence-corrected chi connectivity index (χ2v) is 27.0. The van der Waals surface area contributed by atoms with Crippen LogP contribution in [0.2, 0.25) is 0 Å². The number of rotatable bonds is 6. The van der Waals surface area contributed by atoms with Gasteiger partial charge in [-0.2, -0.15) is 0 Å². The van der Waals surface area contributed by atoms with Crippen molar-refractivity contribution in [1.82, 2.24) is 0 Å². The molecule has 6 heterocycles. The van der Waals surface area contributed by atoms with Crippen LogP contribution in [0.25, 0.3) is 11.1 Å². The molecule has 0 unspecified atom stereocenters. The number of anilines is 16. The number of para-hydroxylation sites is 6. The van der Waals surface area contributed by atoms with Gasteiger partial charge >= 0.3 is 0 Å². The molecule has 0 saturated carbocycles. The average molecular weight is 1500 g/mol. The highest BCUT2D eigenvalue weighted by atomic mass is 79.9. The van der Waals surface area contributed by atoms with E-state index >= 15 is 19.2 Å². The van der Waals surface area contributed by atoms with Gasteiger partial charge in [0.05, 0.1) is 119 Å². The van der Waals surface area contributed by atoms with Crippen molar-refractivity contribution in [2.45, 2.75) is 9.79 Å². The molecule has 0 spiro atoms. The Kier molecular flexibility index (Phi) is 12.4. The number of carbonyl (C=O) groups is 5. The molecule has 17 rings (SSSR count). The minimum Gasteiger partial charge on any atom is -0.300 e. The summed E-state index contributed by atoms with van der Waals surface area (Å²) in [4.78, 5) is 92.0. The maximum absolute atomic E-state index is 16.0. The second-order valence-electron chi connectivity index (χ2n) is 21.6. The van der Waals surface area contributed by atoms with E-state index in [0.29, 0.717) is 130 Å². The molecule has 6 aliphatic rings. The molecule has 0 radical (unpaired) electrons. The lowest BCUT2D eigenvalue weighted by Gasteiger charge is -2.50. The number of halogens is 5. The van der Waals surface area contributed by atoms with Gasteiger partial charge in [-0.1, -0.05) is 96.7 Å². The molecule has 18 heteroatoms. The molecule has 12 nitrogen and oxygen atoms in total. The van der Waals surface area contributed by atoms with Crippen molar-refractivity contribution in [1.29, 1.82) is 0 Å². The van der Waals surface area contributed by atoms with E-state index in [1.54, 1.807) is 54.5 Å². The maximum atomic E-state index is 16.0. The fraction of sp³-hybridized carbons (Fsp3) is 0. The van der Waals surface area contributed by atoms with Crippen LogP contribution >= 0.6 is 91.4 Å². The lowest BCUT2D eigenvalue weighted by atomic mass is 9.93. The van der Waals surface area contributed by atoms with Gasteiger partial charge in [0.25, 0.3) is 29.5 Å². The van der Waals surface area contributed by atoms with Crippen LogP contribution in [0.4, 0.5) is 91.0 Å². The van der Waals surface area contributed by atoms with Gasteiger partial charge in [-0.25, -0.2) is 0 Å². The predicted octanol–water partition coefficient (Wildman–Crippen LogP) is 21.0. The van der Waals surface area contributed by atoms with Crippen molar-refractivity contribution < 1.29 is 24.0 Å². The van der Waals surface area contributed by atoms with E-state index in [9.17, 15) is 4.79 Å². The number of hydrogen-bond acceptors (Lipinski definition) is 8. The molecule has 11 aromatic carbocycles. The van der Waals surface area contributed by atoms with Gasteiger partial charge in [0, 0.05) is 32.2 Å². The minimum absolute atomic E-state index is 0.218. The van der Waals surface area contributed by atoms with Crippen molar-refractivity contribution in [2.75, 3.05) is 34.3 Å². The maximum Gasteiger partial charge on any atom is 0.264 e. The highest BCUT2D eigenvalue weighted by molar-refractivity contribution is 9.11. The van der Waals surface area contributed by atoms with Crippen LogP contribution in [0.1, 0.15) is 51.8 Å². The van der Waals surface area contributed by atoms with Crippen molar-refractivity contribution in [2.24, 2.45) is 0 Å². The lowest BCUT2D eigenvalue weighted by Crippen LogP contribution is -2.42. The Labute approximate surface area is 554 Å². The zero-order valence-electron chi connectivity index (χ0n) is 45.8. The second kappa shape index (κ2) is 20.3. The number of carbonyl (C=O) groups excluding carboxylic acids is 5. The number of nitrogens with zero attached hydrogens (tertiary/aromatic N) is 7. The lowest BCUT2D eigenvalue weighted by molar-refractivity contribution is 0.0988. The summed E-state index contributed by atoms with van der Waals surface area (Å²) < 4.78 is 2.94. The normalized spacial score (nSPS) is 13.7. The van der Waals surface area contributed by atoms with Crippen LogP contribution in [0.15, 0.2) is 251 Å². The first-order chi connectivity index (χ1) is 43.4. The standard InChI is InChI=1S/C71H36Br5N7O5S/c72-44-16-4-1-13-39(44)67(84)77-49-19-7-20-50-61(49)82-62-51(77)21-8-23-53(62)79(54-24-9-22-52(63(54)82)78(50)68(85)40-14-2-5-17-45(40)73)70(87)42-33-31-38(36-48(42)76)37-32-34-47(75)43(35-37)71(88)81-56-26-10-25-55-64(56)83-65-57(80(55)69(86)41-15-3-6-18-46(41)74)27-11-29-59(65)89-60-30-12-28-58(81)66(60)83/h1-36H. The molecular weight excluding hydrogens is 1460 g/mol.